The first kappa shape index (κ1) is 15.5. The Morgan fingerprint density at radius 3 is 2.50 bits per heavy atom. The average molecular weight is 281 g/mol. The van der Waals surface area contributed by atoms with Gasteiger partial charge in [0.1, 0.15) is 11.8 Å². The number of rotatable bonds is 6. The molecule has 1 amide bonds. The first-order valence-electron chi connectivity index (χ1n) is 5.84. The highest BCUT2D eigenvalue weighted by molar-refractivity contribution is 5.98. The summed E-state index contributed by atoms with van der Waals surface area (Å²) in [5.41, 5.74) is -0.0307. The summed E-state index contributed by atoms with van der Waals surface area (Å²) in [5, 5.41) is 20.7. The molecule has 0 fully saturated rings. The van der Waals surface area contributed by atoms with E-state index in [1.807, 2.05) is 0 Å². The van der Waals surface area contributed by atoms with Gasteiger partial charge in [-0.05, 0) is 18.6 Å². The van der Waals surface area contributed by atoms with E-state index in [9.17, 15) is 19.5 Å². The van der Waals surface area contributed by atoms with Crippen LogP contribution in [0.4, 0.5) is 0 Å². The molecule has 7 heteroatoms. The van der Waals surface area contributed by atoms with Crippen LogP contribution < -0.4 is 5.32 Å². The number of ether oxygens (including phenoxy) is 1. The molecule has 0 aliphatic rings. The van der Waals surface area contributed by atoms with E-state index in [4.69, 9.17) is 5.11 Å². The quantitative estimate of drug-likeness (QED) is 0.655. The molecular weight excluding hydrogens is 266 g/mol. The normalized spacial score (nSPS) is 11.4. The molecule has 7 nitrogen and oxygen atoms in total. The summed E-state index contributed by atoms with van der Waals surface area (Å²) in [7, 11) is 1.19. The highest BCUT2D eigenvalue weighted by Gasteiger charge is 2.22. The predicted molar refractivity (Wildman–Crippen MR) is 68.2 cm³/mol. The number of nitrogens with one attached hydrogen (secondary N) is 1. The maximum atomic E-state index is 11.8. The van der Waals surface area contributed by atoms with E-state index >= 15 is 0 Å². The Balaban J connectivity index is 2.71. The second kappa shape index (κ2) is 7.13. The number of methoxy groups -OCH3 is 1. The lowest BCUT2D eigenvalue weighted by Gasteiger charge is -2.14. The fraction of sp³-hybridized carbons (Fsp3) is 0.308. The Bertz CT molecular complexity index is 513. The summed E-state index contributed by atoms with van der Waals surface area (Å²) in [6.07, 6.45) is -0.226. The molecule has 0 aliphatic heterocycles. The smallest absolute Gasteiger partial charge is 0.326 e. The highest BCUT2D eigenvalue weighted by Crippen LogP contribution is 2.15. The largest absolute Gasteiger partial charge is 0.507 e. The number of phenolic OH excluding ortho intramolecular Hbond substituents is 1. The Kier molecular flexibility index (Phi) is 5.52. The average Bonchev–Trinajstić information content (AvgIpc) is 2.42. The van der Waals surface area contributed by atoms with Crippen LogP contribution in [0.1, 0.15) is 23.2 Å². The first-order valence-corrected chi connectivity index (χ1v) is 5.84. The minimum atomic E-state index is -1.27. The van der Waals surface area contributed by atoms with E-state index < -0.39 is 23.9 Å². The van der Waals surface area contributed by atoms with Crippen molar-refractivity contribution < 1.29 is 29.3 Å². The van der Waals surface area contributed by atoms with Gasteiger partial charge < -0.3 is 20.3 Å². The molecule has 0 spiro atoms. The molecule has 0 bridgehead atoms. The van der Waals surface area contributed by atoms with Gasteiger partial charge in [0.05, 0.1) is 12.7 Å². The fourth-order valence-corrected chi connectivity index (χ4v) is 1.52. The van der Waals surface area contributed by atoms with Crippen LogP contribution in [-0.2, 0) is 14.3 Å². The summed E-state index contributed by atoms with van der Waals surface area (Å²) in [5.74, 6) is -2.80. The Morgan fingerprint density at radius 1 is 1.30 bits per heavy atom. The third-order valence-electron chi connectivity index (χ3n) is 2.62. The van der Waals surface area contributed by atoms with Gasteiger partial charge >= 0.3 is 11.9 Å². The van der Waals surface area contributed by atoms with Crippen LogP contribution >= 0.6 is 0 Å². The molecule has 1 aromatic carbocycles. The molecule has 1 unspecified atom stereocenters. The molecule has 0 heterocycles. The summed E-state index contributed by atoms with van der Waals surface area (Å²) in [6, 6.07) is 4.53. The van der Waals surface area contributed by atoms with Gasteiger partial charge in [0.25, 0.3) is 5.91 Å². The predicted octanol–water partition coefficient (Wildman–Crippen LogP) is 0.528. The fourth-order valence-electron chi connectivity index (χ4n) is 1.52. The van der Waals surface area contributed by atoms with Crippen molar-refractivity contribution >= 4 is 17.8 Å². The lowest BCUT2D eigenvalue weighted by Crippen LogP contribution is -2.41. The number of carboxylic acids is 1. The van der Waals surface area contributed by atoms with Crippen molar-refractivity contribution in [2.75, 3.05) is 7.11 Å². The molecule has 1 rings (SSSR count). The van der Waals surface area contributed by atoms with Crippen LogP contribution in [0.2, 0.25) is 0 Å². The van der Waals surface area contributed by atoms with E-state index in [1.54, 1.807) is 6.07 Å². The second-order valence-electron chi connectivity index (χ2n) is 4.00. The number of carboxylic acid groups (broad SMARTS) is 1. The Morgan fingerprint density at radius 2 is 1.95 bits per heavy atom. The molecule has 0 aromatic heterocycles. The van der Waals surface area contributed by atoms with Crippen LogP contribution in [0.5, 0.6) is 5.75 Å². The first-order chi connectivity index (χ1) is 9.45. The third kappa shape index (κ3) is 4.27. The van der Waals surface area contributed by atoms with Crippen LogP contribution in [0.3, 0.4) is 0 Å². The zero-order valence-corrected chi connectivity index (χ0v) is 10.8. The summed E-state index contributed by atoms with van der Waals surface area (Å²) in [6.45, 7) is 0. The number of aromatic hydroxyl groups is 1. The molecule has 108 valence electrons. The lowest BCUT2D eigenvalue weighted by molar-refractivity contribution is -0.142. The Hall–Kier alpha value is -2.57. The molecule has 0 saturated heterocycles. The molecular formula is C13H15NO6. The standard InChI is InChI=1S/C13H15NO6/c1-20-11(16)7-6-9(13(18)19)14-12(17)8-4-2-3-5-10(8)15/h2-5,9,15H,6-7H2,1H3,(H,14,17)(H,18,19). The van der Waals surface area contributed by atoms with Crippen molar-refractivity contribution in [1.82, 2.24) is 5.32 Å². The van der Waals surface area contributed by atoms with Gasteiger partial charge in [-0.15, -0.1) is 0 Å². The van der Waals surface area contributed by atoms with Gasteiger partial charge in [-0.25, -0.2) is 4.79 Å². The van der Waals surface area contributed by atoms with Gasteiger partial charge in [0.15, 0.2) is 0 Å². The van der Waals surface area contributed by atoms with Crippen LogP contribution in [-0.4, -0.2) is 41.2 Å². The minimum absolute atomic E-state index is 0.0307. The van der Waals surface area contributed by atoms with Gasteiger partial charge in [-0.1, -0.05) is 12.1 Å². The maximum Gasteiger partial charge on any atom is 0.326 e. The van der Waals surface area contributed by atoms with E-state index in [2.05, 4.69) is 10.1 Å². The zero-order valence-electron chi connectivity index (χ0n) is 10.8. The summed E-state index contributed by atoms with van der Waals surface area (Å²) in [4.78, 5) is 33.8. The van der Waals surface area contributed by atoms with Crippen LogP contribution in [0, 0.1) is 0 Å². The SMILES string of the molecule is COC(=O)CCC(NC(=O)c1ccccc1O)C(=O)O. The van der Waals surface area contributed by atoms with Crippen molar-refractivity contribution in [3.8, 4) is 5.75 Å². The minimum Gasteiger partial charge on any atom is -0.507 e. The summed E-state index contributed by atoms with van der Waals surface area (Å²) >= 11 is 0. The number of para-hydroxylation sites is 1. The van der Waals surface area contributed by atoms with Crippen molar-refractivity contribution in [3.05, 3.63) is 29.8 Å². The number of aliphatic carboxylic acids is 1. The van der Waals surface area contributed by atoms with E-state index in [0.717, 1.165) is 0 Å². The van der Waals surface area contributed by atoms with Gasteiger partial charge in [-0.3, -0.25) is 9.59 Å². The molecule has 20 heavy (non-hydrogen) atoms. The number of esters is 1. The third-order valence-corrected chi connectivity index (χ3v) is 2.62. The number of hydrogen-bond donors (Lipinski definition) is 3. The Labute approximate surface area is 115 Å². The van der Waals surface area contributed by atoms with E-state index in [-0.39, 0.29) is 24.2 Å². The van der Waals surface area contributed by atoms with Crippen LogP contribution in [0.15, 0.2) is 24.3 Å². The second-order valence-corrected chi connectivity index (χ2v) is 4.00. The molecule has 3 N–H and O–H groups in total. The van der Waals surface area contributed by atoms with Gasteiger partial charge in [0, 0.05) is 6.42 Å². The molecule has 0 saturated carbocycles. The van der Waals surface area contributed by atoms with Crippen molar-refractivity contribution in [1.29, 1.82) is 0 Å². The zero-order chi connectivity index (χ0) is 15.1. The molecule has 0 aliphatic carbocycles. The number of benzene rings is 1. The monoisotopic (exact) mass is 281 g/mol. The van der Waals surface area contributed by atoms with Crippen LogP contribution in [0.25, 0.3) is 0 Å². The number of phenols is 1. The number of carbonyl (C=O) groups excluding carboxylic acids is 2. The number of hydrogen-bond acceptors (Lipinski definition) is 5. The van der Waals surface area contributed by atoms with Crippen molar-refractivity contribution in [2.45, 2.75) is 18.9 Å². The maximum absolute atomic E-state index is 11.8. The number of carbonyl (C=O) groups is 3. The van der Waals surface area contributed by atoms with Gasteiger partial charge in [-0.2, -0.15) is 0 Å². The van der Waals surface area contributed by atoms with Gasteiger partial charge in [0.2, 0.25) is 0 Å². The molecule has 0 radical (unpaired) electrons. The molecule has 1 atom stereocenters. The topological polar surface area (TPSA) is 113 Å². The van der Waals surface area contributed by atoms with E-state index in [0.29, 0.717) is 0 Å². The van der Waals surface area contributed by atoms with Crippen molar-refractivity contribution in [2.24, 2.45) is 0 Å². The molecule has 1 aromatic rings. The highest BCUT2D eigenvalue weighted by atomic mass is 16.5. The van der Waals surface area contributed by atoms with E-state index in [1.165, 1.54) is 25.3 Å². The summed E-state index contributed by atoms with van der Waals surface area (Å²) < 4.78 is 4.40. The number of amides is 1. The van der Waals surface area contributed by atoms with Crippen molar-refractivity contribution in [3.63, 3.8) is 0 Å². The lowest BCUT2D eigenvalue weighted by atomic mass is 10.1.